The lowest BCUT2D eigenvalue weighted by atomic mass is 10.4. The number of H-pyrrole nitrogens is 1. The predicted octanol–water partition coefficient (Wildman–Crippen LogP) is 0.282. The molecule has 0 atom stereocenters. The quantitative estimate of drug-likeness (QED) is 0.821. The van der Waals surface area contributed by atoms with Crippen LogP contribution in [0, 0.1) is 0 Å². The zero-order valence-electron chi connectivity index (χ0n) is 7.97. The minimum atomic E-state index is -0.288. The smallest absolute Gasteiger partial charge is 0.282 e. The van der Waals surface area contributed by atoms with Crippen LogP contribution in [0.1, 0.15) is 15.6 Å². The highest BCUT2D eigenvalue weighted by molar-refractivity contribution is 7.17. The maximum Gasteiger partial charge on any atom is 0.282 e. The van der Waals surface area contributed by atoms with Crippen molar-refractivity contribution in [1.29, 1.82) is 0 Å². The number of nitrogens with zero attached hydrogens (tertiary/aromatic N) is 4. The molecule has 0 spiro atoms. The molecule has 0 aliphatic heterocycles. The summed E-state index contributed by atoms with van der Waals surface area (Å²) in [7, 11) is 0. The Balaban J connectivity index is 1.80. The summed E-state index contributed by atoms with van der Waals surface area (Å²) in [6, 6.07) is 0. The summed E-state index contributed by atoms with van der Waals surface area (Å²) in [5, 5.41) is 16.5. The number of carbonyl (C=O) groups is 1. The number of rotatable bonds is 4. The van der Waals surface area contributed by atoms with Crippen LogP contribution in [0.3, 0.4) is 0 Å². The van der Waals surface area contributed by atoms with Crippen LogP contribution < -0.4 is 5.32 Å². The lowest BCUT2D eigenvalue weighted by Gasteiger charge is -1.99. The van der Waals surface area contributed by atoms with Crippen LogP contribution in [0.25, 0.3) is 0 Å². The number of carbonyl (C=O) groups excluding carboxylic acids is 1. The second kappa shape index (κ2) is 4.99. The highest BCUT2D eigenvalue weighted by atomic mass is 35.5. The van der Waals surface area contributed by atoms with Gasteiger partial charge in [0.25, 0.3) is 5.91 Å². The van der Waals surface area contributed by atoms with Crippen molar-refractivity contribution in [3.05, 3.63) is 21.6 Å². The average Bonchev–Trinajstić information content (AvgIpc) is 2.89. The molecule has 84 valence electrons. The van der Waals surface area contributed by atoms with Gasteiger partial charge in [-0.1, -0.05) is 11.3 Å². The van der Waals surface area contributed by atoms with E-state index in [9.17, 15) is 4.79 Å². The van der Waals surface area contributed by atoms with E-state index in [4.69, 9.17) is 11.6 Å². The van der Waals surface area contributed by atoms with Gasteiger partial charge < -0.3 is 5.32 Å². The van der Waals surface area contributed by atoms with Crippen LogP contribution >= 0.6 is 22.9 Å². The molecule has 0 aliphatic rings. The van der Waals surface area contributed by atoms with Gasteiger partial charge in [0, 0.05) is 13.0 Å². The molecule has 7 nitrogen and oxygen atoms in total. The van der Waals surface area contributed by atoms with Crippen LogP contribution in [0.2, 0.25) is 4.47 Å². The van der Waals surface area contributed by atoms with Gasteiger partial charge in [-0.05, 0) is 11.6 Å². The van der Waals surface area contributed by atoms with Crippen molar-refractivity contribution in [3.63, 3.8) is 0 Å². The van der Waals surface area contributed by atoms with E-state index in [1.807, 2.05) is 0 Å². The summed E-state index contributed by atoms with van der Waals surface area (Å²) >= 11 is 6.60. The van der Waals surface area contributed by atoms with Crippen molar-refractivity contribution < 1.29 is 4.79 Å². The molecule has 2 N–H and O–H groups in total. The van der Waals surface area contributed by atoms with E-state index in [1.165, 1.54) is 6.33 Å². The van der Waals surface area contributed by atoms with E-state index < -0.39 is 0 Å². The van der Waals surface area contributed by atoms with E-state index in [0.29, 0.717) is 13.0 Å². The largest absolute Gasteiger partial charge is 0.349 e. The van der Waals surface area contributed by atoms with Gasteiger partial charge in [0.2, 0.25) is 9.47 Å². The maximum atomic E-state index is 11.5. The lowest BCUT2D eigenvalue weighted by molar-refractivity contribution is 0.0953. The van der Waals surface area contributed by atoms with Gasteiger partial charge in [0.05, 0.1) is 0 Å². The zero-order chi connectivity index (χ0) is 11.4. The molecule has 1 amide bonds. The second-order valence-electron chi connectivity index (χ2n) is 2.80. The topological polar surface area (TPSA) is 96.5 Å². The fourth-order valence-corrected chi connectivity index (χ4v) is 1.76. The van der Waals surface area contributed by atoms with Crippen LogP contribution in [0.5, 0.6) is 0 Å². The molecule has 9 heteroatoms. The Morgan fingerprint density at radius 3 is 3.06 bits per heavy atom. The summed E-state index contributed by atoms with van der Waals surface area (Å²) in [6.07, 6.45) is 2.00. The molecule has 16 heavy (non-hydrogen) atoms. The number of aromatic amines is 1. The van der Waals surface area contributed by atoms with Gasteiger partial charge >= 0.3 is 0 Å². The zero-order valence-corrected chi connectivity index (χ0v) is 9.55. The van der Waals surface area contributed by atoms with E-state index >= 15 is 0 Å². The lowest BCUT2D eigenvalue weighted by Crippen LogP contribution is -2.25. The SMILES string of the molecule is O=C(NCCc1ncn[nH]1)c1nnc(Cl)s1. The first-order valence-corrected chi connectivity index (χ1v) is 5.56. The Kier molecular flexibility index (Phi) is 3.42. The first-order chi connectivity index (χ1) is 7.75. The molecule has 2 heterocycles. The van der Waals surface area contributed by atoms with Crippen molar-refractivity contribution in [3.8, 4) is 0 Å². The maximum absolute atomic E-state index is 11.5. The number of amides is 1. The highest BCUT2D eigenvalue weighted by Gasteiger charge is 2.11. The van der Waals surface area contributed by atoms with Crippen molar-refractivity contribution in [1.82, 2.24) is 30.7 Å². The normalized spacial score (nSPS) is 10.3. The van der Waals surface area contributed by atoms with Crippen molar-refractivity contribution in [2.75, 3.05) is 6.54 Å². The van der Waals surface area contributed by atoms with E-state index in [2.05, 4.69) is 30.7 Å². The summed E-state index contributed by atoms with van der Waals surface area (Å²) in [4.78, 5) is 15.4. The second-order valence-corrected chi connectivity index (χ2v) is 4.36. The molecule has 0 radical (unpaired) electrons. The predicted molar refractivity (Wildman–Crippen MR) is 57.3 cm³/mol. The molecule has 0 fully saturated rings. The number of hydrogen-bond acceptors (Lipinski definition) is 6. The van der Waals surface area contributed by atoms with Crippen molar-refractivity contribution in [2.45, 2.75) is 6.42 Å². The summed E-state index contributed by atoms with van der Waals surface area (Å²) in [5.74, 6) is 0.430. The molecule has 0 unspecified atom stereocenters. The third-order valence-corrected chi connectivity index (χ3v) is 2.72. The molecule has 0 aliphatic carbocycles. The van der Waals surface area contributed by atoms with E-state index in [-0.39, 0.29) is 15.4 Å². The average molecular weight is 259 g/mol. The standard InChI is InChI=1S/C7H7ClN6OS/c8-7-14-13-6(16-7)5(15)9-2-1-4-10-3-11-12-4/h3H,1-2H2,(H,9,15)(H,10,11,12). The third kappa shape index (κ3) is 2.74. The molecule has 0 saturated carbocycles. The molecular weight excluding hydrogens is 252 g/mol. The fourth-order valence-electron chi connectivity index (χ4n) is 1.02. The molecule has 0 aromatic carbocycles. The number of nitrogens with one attached hydrogen (secondary N) is 2. The Hall–Kier alpha value is -1.54. The molecular formula is C7H7ClN6OS. The summed E-state index contributed by atoms with van der Waals surface area (Å²) in [5.41, 5.74) is 0. The Labute approximate surface area is 99.3 Å². The Morgan fingerprint density at radius 1 is 1.56 bits per heavy atom. The first-order valence-electron chi connectivity index (χ1n) is 4.37. The van der Waals surface area contributed by atoms with Gasteiger partial charge in [-0.2, -0.15) is 5.10 Å². The summed E-state index contributed by atoms with van der Waals surface area (Å²) in [6.45, 7) is 0.450. The van der Waals surface area contributed by atoms with E-state index in [0.717, 1.165) is 17.2 Å². The van der Waals surface area contributed by atoms with Gasteiger partial charge in [0.15, 0.2) is 0 Å². The van der Waals surface area contributed by atoms with Gasteiger partial charge in [-0.3, -0.25) is 9.89 Å². The molecule has 0 bridgehead atoms. The van der Waals surface area contributed by atoms with Crippen LogP contribution in [-0.2, 0) is 6.42 Å². The van der Waals surface area contributed by atoms with Gasteiger partial charge in [-0.15, -0.1) is 10.2 Å². The first kappa shape index (κ1) is 11.0. The van der Waals surface area contributed by atoms with Crippen LogP contribution in [-0.4, -0.2) is 37.8 Å². The number of halogens is 1. The molecule has 2 rings (SSSR count). The minimum Gasteiger partial charge on any atom is -0.349 e. The van der Waals surface area contributed by atoms with E-state index in [1.54, 1.807) is 0 Å². The Bertz CT molecular complexity index is 469. The van der Waals surface area contributed by atoms with Crippen molar-refractivity contribution in [2.24, 2.45) is 0 Å². The minimum absolute atomic E-state index is 0.250. The van der Waals surface area contributed by atoms with Gasteiger partial charge in [0.1, 0.15) is 12.2 Å². The monoisotopic (exact) mass is 258 g/mol. The third-order valence-electron chi connectivity index (χ3n) is 1.71. The number of hydrogen-bond donors (Lipinski definition) is 2. The molecule has 2 aromatic rings. The molecule has 0 saturated heterocycles. The number of aromatic nitrogens is 5. The highest BCUT2D eigenvalue weighted by Crippen LogP contribution is 2.14. The molecule has 2 aromatic heterocycles. The Morgan fingerprint density at radius 2 is 2.44 bits per heavy atom. The van der Waals surface area contributed by atoms with Crippen molar-refractivity contribution >= 4 is 28.8 Å². The van der Waals surface area contributed by atoms with Gasteiger partial charge in [-0.25, -0.2) is 4.98 Å². The van der Waals surface area contributed by atoms with Crippen LogP contribution in [0.15, 0.2) is 6.33 Å². The summed E-state index contributed by atoms with van der Waals surface area (Å²) < 4.78 is 0.250. The van der Waals surface area contributed by atoms with Crippen LogP contribution in [0.4, 0.5) is 0 Å². The fraction of sp³-hybridized carbons (Fsp3) is 0.286.